The van der Waals surface area contributed by atoms with Gasteiger partial charge in [-0.3, -0.25) is 14.6 Å². The number of methoxy groups -OCH3 is 2. The number of nitrogens with zero attached hydrogens (tertiary/aromatic N) is 1. The lowest BCUT2D eigenvalue weighted by Crippen LogP contribution is -2.69. The van der Waals surface area contributed by atoms with Crippen LogP contribution in [0.1, 0.15) is 72.6 Å². The molecule has 0 aromatic rings. The molecule has 3 aliphatic heterocycles. The average molecular weight is 794 g/mol. The van der Waals surface area contributed by atoms with Crippen LogP contribution in [0.3, 0.4) is 0 Å². The molecule has 17 heteroatoms. The van der Waals surface area contributed by atoms with E-state index < -0.39 is 77.9 Å². The molecule has 0 aliphatic carbocycles. The average Bonchev–Trinajstić information content (AvgIpc) is 3.14. The molecule has 0 bridgehead atoms. The molecule has 0 spiro atoms. The fourth-order valence-electron chi connectivity index (χ4n) is 7.20. The summed E-state index contributed by atoms with van der Waals surface area (Å²) in [5, 5.41) is 36.9. The summed E-state index contributed by atoms with van der Waals surface area (Å²) >= 11 is 0. The van der Waals surface area contributed by atoms with Crippen molar-refractivity contribution in [1.82, 2.24) is 10.6 Å². The van der Waals surface area contributed by atoms with Crippen molar-refractivity contribution in [3.63, 3.8) is 0 Å². The van der Waals surface area contributed by atoms with E-state index in [1.54, 1.807) is 19.3 Å². The van der Waals surface area contributed by atoms with E-state index in [0.717, 1.165) is 5.57 Å². The van der Waals surface area contributed by atoms with E-state index in [1.165, 1.54) is 19.3 Å². The molecule has 0 radical (unpaired) electrons. The van der Waals surface area contributed by atoms with E-state index in [9.17, 15) is 29.7 Å². The van der Waals surface area contributed by atoms with Crippen LogP contribution in [0.4, 0.5) is 0 Å². The number of hydrogen-bond acceptors (Lipinski definition) is 12. The number of ether oxygens (including phenoxy) is 6. The predicted molar refractivity (Wildman–Crippen MR) is 207 cm³/mol. The summed E-state index contributed by atoms with van der Waals surface area (Å²) in [5.74, 6) is -4.14. The summed E-state index contributed by atoms with van der Waals surface area (Å²) in [5.41, 5.74) is 10.7. The Morgan fingerprint density at radius 2 is 1.77 bits per heavy atom. The molecule has 3 fully saturated rings. The largest absolute Gasteiger partial charge is 0.480 e. The SMILES string of the molecule is C=C1C[C@](OC)([C@H](O)C(=O)N[C@H]2OCO[C@H]3[C@@H]2O[C@H](C[C@H](O)CCC/C=C/C=C\C=C\C(=O)N[C@@H](CCCN=C(N)N)C(=O)O)C(C)(C)[C@@H]3OC)O[C@H](C)[C@@H]1C. The number of carboxylic acids is 1. The van der Waals surface area contributed by atoms with Crippen LogP contribution in [-0.2, 0) is 42.8 Å². The Bertz CT molecular complexity index is 1450. The van der Waals surface area contributed by atoms with Gasteiger partial charge in [0.25, 0.3) is 5.91 Å². The van der Waals surface area contributed by atoms with Gasteiger partial charge in [-0.25, -0.2) is 4.79 Å². The Kier molecular flexibility index (Phi) is 18.1. The smallest absolute Gasteiger partial charge is 0.326 e. The maximum absolute atomic E-state index is 13.5. The lowest BCUT2D eigenvalue weighted by molar-refractivity contribution is -0.332. The molecular weight excluding hydrogens is 730 g/mol. The predicted octanol–water partition coefficient (Wildman–Crippen LogP) is 1.53. The standard InChI is InChI=1S/C39H63N5O12/c1-23-21-39(52-7,56-25(3)24(23)2)32(47)34(48)44-35-31-30(53-22-54-35)33(51-6)38(4,5)28(55-31)20-26(45)16-13-11-9-8-10-12-14-18-29(46)43-27(36(49)50)17-15-19-42-37(40)41/h8-10,12,14,18,24-28,30-33,35,45,47H,1,11,13,15-17,19-22H2,2-7H3,(H,43,46)(H,44,48)(H,49,50)(H4,40,41,42)/b9-8+,12-10-,18-14+/t24-,25-,26-,27+,28-,30+,31+,32-,33-,35+,39-/m1/s1. The molecule has 11 atom stereocenters. The van der Waals surface area contributed by atoms with Crippen LogP contribution >= 0.6 is 0 Å². The number of amides is 2. The van der Waals surface area contributed by atoms with Crippen LogP contribution in [0.2, 0.25) is 0 Å². The van der Waals surface area contributed by atoms with Crippen molar-refractivity contribution in [3.05, 3.63) is 48.6 Å². The van der Waals surface area contributed by atoms with Crippen molar-refractivity contribution in [2.75, 3.05) is 27.6 Å². The van der Waals surface area contributed by atoms with E-state index in [1.807, 2.05) is 39.8 Å². The van der Waals surface area contributed by atoms with Crippen LogP contribution in [0.25, 0.3) is 0 Å². The van der Waals surface area contributed by atoms with Gasteiger partial charge in [0.2, 0.25) is 11.7 Å². The molecule has 0 saturated carbocycles. The highest BCUT2D eigenvalue weighted by Crippen LogP contribution is 2.44. The molecule has 0 aromatic heterocycles. The van der Waals surface area contributed by atoms with Crippen molar-refractivity contribution in [2.24, 2.45) is 27.8 Å². The Morgan fingerprint density at radius 1 is 1.05 bits per heavy atom. The highest BCUT2D eigenvalue weighted by Gasteiger charge is 2.57. The number of aliphatic carboxylic acids is 1. The van der Waals surface area contributed by atoms with Crippen LogP contribution in [-0.4, -0.2) is 127 Å². The summed E-state index contributed by atoms with van der Waals surface area (Å²) in [6.07, 6.45) is 6.58. The zero-order chi connectivity index (χ0) is 41.6. The minimum atomic E-state index is -1.70. The summed E-state index contributed by atoms with van der Waals surface area (Å²) in [4.78, 5) is 40.9. The summed E-state index contributed by atoms with van der Waals surface area (Å²) in [7, 11) is 2.96. The van der Waals surface area contributed by atoms with Gasteiger partial charge in [0.1, 0.15) is 25.0 Å². The molecule has 2 amide bonds. The number of allylic oxidation sites excluding steroid dienone is 5. The van der Waals surface area contributed by atoms with Gasteiger partial charge < -0.3 is 65.8 Å². The zero-order valence-electron chi connectivity index (χ0n) is 33.4. The number of hydrogen-bond donors (Lipinski definition) is 7. The van der Waals surface area contributed by atoms with Crippen LogP contribution in [0, 0.1) is 11.3 Å². The molecule has 3 saturated heterocycles. The fourth-order valence-corrected chi connectivity index (χ4v) is 7.20. The van der Waals surface area contributed by atoms with Crippen LogP contribution < -0.4 is 22.1 Å². The van der Waals surface area contributed by atoms with Gasteiger partial charge in [-0.1, -0.05) is 63.3 Å². The van der Waals surface area contributed by atoms with Gasteiger partial charge in [-0.2, -0.15) is 0 Å². The Balaban J connectivity index is 1.51. The van der Waals surface area contributed by atoms with Gasteiger partial charge in [0.05, 0.1) is 24.4 Å². The quantitative estimate of drug-likeness (QED) is 0.0231. The number of rotatable bonds is 20. The van der Waals surface area contributed by atoms with Gasteiger partial charge in [-0.05, 0) is 39.0 Å². The first-order valence-corrected chi connectivity index (χ1v) is 19.0. The summed E-state index contributed by atoms with van der Waals surface area (Å²) < 4.78 is 35.9. The number of fused-ring (bicyclic) bond motifs is 1. The number of guanidine groups is 1. The third-order valence-corrected chi connectivity index (χ3v) is 10.7. The summed E-state index contributed by atoms with van der Waals surface area (Å²) in [6, 6.07) is -1.06. The number of carboxylic acid groups (broad SMARTS) is 1. The molecule has 3 aliphatic rings. The topological polar surface area (TPSA) is 256 Å². The van der Waals surface area contributed by atoms with Crippen molar-refractivity contribution in [1.29, 1.82) is 0 Å². The molecule has 3 heterocycles. The van der Waals surface area contributed by atoms with Crippen LogP contribution in [0.15, 0.2) is 53.6 Å². The Hall–Kier alpha value is -3.68. The number of aliphatic hydroxyl groups is 2. The Labute approximate surface area is 329 Å². The van der Waals surface area contributed by atoms with E-state index in [0.29, 0.717) is 25.7 Å². The second-order valence-corrected chi connectivity index (χ2v) is 15.1. The molecular formula is C39H63N5O12. The third kappa shape index (κ3) is 12.7. The third-order valence-electron chi connectivity index (χ3n) is 10.7. The van der Waals surface area contributed by atoms with E-state index in [2.05, 4.69) is 22.2 Å². The number of carbonyl (C=O) groups excluding carboxylic acids is 2. The zero-order valence-corrected chi connectivity index (χ0v) is 33.4. The number of nitrogens with two attached hydrogens (primary N) is 2. The monoisotopic (exact) mass is 793 g/mol. The maximum Gasteiger partial charge on any atom is 0.326 e. The molecule has 316 valence electrons. The lowest BCUT2D eigenvalue weighted by Gasteiger charge is -2.54. The first kappa shape index (κ1) is 46.7. The molecule has 17 nitrogen and oxygen atoms in total. The van der Waals surface area contributed by atoms with Gasteiger partial charge in [0.15, 0.2) is 18.3 Å². The normalized spacial score (nSPS) is 30.8. The summed E-state index contributed by atoms with van der Waals surface area (Å²) in [6.45, 7) is 12.0. The van der Waals surface area contributed by atoms with Crippen molar-refractivity contribution in [2.45, 2.75) is 133 Å². The van der Waals surface area contributed by atoms with Crippen molar-refractivity contribution in [3.8, 4) is 0 Å². The molecule has 9 N–H and O–H groups in total. The maximum atomic E-state index is 13.5. The molecule has 3 rings (SSSR count). The van der Waals surface area contributed by atoms with Crippen molar-refractivity contribution < 1.29 is 58.1 Å². The molecule has 56 heavy (non-hydrogen) atoms. The molecule has 0 unspecified atom stereocenters. The van der Waals surface area contributed by atoms with Crippen molar-refractivity contribution >= 4 is 23.7 Å². The van der Waals surface area contributed by atoms with E-state index in [-0.39, 0.29) is 50.6 Å². The highest BCUT2D eigenvalue weighted by molar-refractivity contribution is 5.91. The second-order valence-electron chi connectivity index (χ2n) is 15.1. The number of unbranched alkanes of at least 4 members (excludes halogenated alkanes) is 1. The second kappa shape index (κ2) is 21.7. The van der Waals surface area contributed by atoms with E-state index in [4.69, 9.17) is 39.9 Å². The minimum Gasteiger partial charge on any atom is -0.480 e. The van der Waals surface area contributed by atoms with E-state index >= 15 is 0 Å². The highest BCUT2D eigenvalue weighted by atomic mass is 16.7. The first-order chi connectivity index (χ1) is 26.5. The van der Waals surface area contributed by atoms with Crippen LogP contribution in [0.5, 0.6) is 0 Å². The first-order valence-electron chi connectivity index (χ1n) is 19.0. The van der Waals surface area contributed by atoms with Gasteiger partial charge in [0, 0.05) is 51.0 Å². The Morgan fingerprint density at radius 3 is 2.41 bits per heavy atom. The number of aliphatic hydroxyl groups excluding tert-OH is 2. The number of carbonyl (C=O) groups is 3. The van der Waals surface area contributed by atoms with Gasteiger partial charge in [-0.15, -0.1) is 0 Å². The lowest BCUT2D eigenvalue weighted by atomic mass is 9.72. The van der Waals surface area contributed by atoms with Gasteiger partial charge >= 0.3 is 5.97 Å². The molecule has 0 aromatic carbocycles. The number of aliphatic imine (C=N–C) groups is 1. The fraction of sp³-hybridized carbons (Fsp3) is 0.692. The minimum absolute atomic E-state index is 0.0185. The number of nitrogens with one attached hydrogen (secondary N) is 2.